The number of alkyl halides is 3. The van der Waals surface area contributed by atoms with Gasteiger partial charge in [-0.15, -0.1) is 13.2 Å². The monoisotopic (exact) mass is 398 g/mol. The molecule has 0 aliphatic rings. The standard InChI is InChI=1S/C17H13F3N2O4S/c18-17(19,20)26-13-5-3-7-15(11-13)27(23,24)22(12-14-6-4-10-25-14)16-8-1-2-9-21-16/h1-11H,12H2. The van der Waals surface area contributed by atoms with Crippen LogP contribution in [0.5, 0.6) is 5.75 Å². The molecule has 142 valence electrons. The highest BCUT2D eigenvalue weighted by Crippen LogP contribution is 2.29. The van der Waals surface area contributed by atoms with Crippen molar-refractivity contribution in [1.29, 1.82) is 0 Å². The Morgan fingerprint density at radius 3 is 2.52 bits per heavy atom. The highest BCUT2D eigenvalue weighted by atomic mass is 32.2. The van der Waals surface area contributed by atoms with Crippen LogP contribution in [0, 0.1) is 0 Å². The van der Waals surface area contributed by atoms with E-state index in [1.165, 1.54) is 24.6 Å². The fraction of sp³-hybridized carbons (Fsp3) is 0.118. The van der Waals surface area contributed by atoms with Gasteiger partial charge < -0.3 is 9.15 Å². The van der Waals surface area contributed by atoms with Gasteiger partial charge in [-0.1, -0.05) is 12.1 Å². The molecule has 3 rings (SSSR count). The number of anilines is 1. The lowest BCUT2D eigenvalue weighted by Gasteiger charge is -2.22. The summed E-state index contributed by atoms with van der Waals surface area (Å²) in [6.07, 6.45) is -2.14. The van der Waals surface area contributed by atoms with Gasteiger partial charge in [-0.2, -0.15) is 0 Å². The SMILES string of the molecule is O=S(=O)(c1cccc(OC(F)(F)F)c1)N(Cc1ccco1)c1ccccn1. The molecule has 0 saturated carbocycles. The second kappa shape index (κ2) is 7.31. The number of sulfonamides is 1. The molecule has 0 bridgehead atoms. The summed E-state index contributed by atoms with van der Waals surface area (Å²) in [4.78, 5) is 3.65. The van der Waals surface area contributed by atoms with Gasteiger partial charge in [-0.25, -0.2) is 17.7 Å². The van der Waals surface area contributed by atoms with Crippen LogP contribution >= 0.6 is 0 Å². The predicted octanol–water partition coefficient (Wildman–Crippen LogP) is 3.97. The predicted molar refractivity (Wildman–Crippen MR) is 89.4 cm³/mol. The molecule has 0 N–H and O–H groups in total. The lowest BCUT2D eigenvalue weighted by atomic mass is 10.3. The van der Waals surface area contributed by atoms with Crippen LogP contribution in [0.25, 0.3) is 0 Å². The maximum atomic E-state index is 13.1. The smallest absolute Gasteiger partial charge is 0.467 e. The number of pyridine rings is 1. The van der Waals surface area contributed by atoms with Crippen molar-refractivity contribution in [1.82, 2.24) is 4.98 Å². The van der Waals surface area contributed by atoms with E-state index in [2.05, 4.69) is 9.72 Å². The summed E-state index contributed by atoms with van der Waals surface area (Å²) >= 11 is 0. The molecule has 2 heterocycles. The third kappa shape index (κ3) is 4.59. The van der Waals surface area contributed by atoms with Gasteiger partial charge >= 0.3 is 6.36 Å². The first-order valence-corrected chi connectivity index (χ1v) is 9.02. The van der Waals surface area contributed by atoms with Crippen LogP contribution in [-0.2, 0) is 16.6 Å². The van der Waals surface area contributed by atoms with Gasteiger partial charge in [0.1, 0.15) is 17.3 Å². The van der Waals surface area contributed by atoms with Gasteiger partial charge in [-0.05, 0) is 36.4 Å². The second-order valence-electron chi connectivity index (χ2n) is 5.30. The minimum absolute atomic E-state index is 0.0936. The third-order valence-electron chi connectivity index (χ3n) is 3.41. The third-order valence-corrected chi connectivity index (χ3v) is 5.16. The van der Waals surface area contributed by atoms with Crippen LogP contribution in [-0.4, -0.2) is 19.8 Å². The molecular formula is C17H13F3N2O4S. The number of ether oxygens (including phenoxy) is 1. The number of aromatic nitrogens is 1. The van der Waals surface area contributed by atoms with Crippen LogP contribution in [0.2, 0.25) is 0 Å². The summed E-state index contributed by atoms with van der Waals surface area (Å²) in [5.74, 6) is -0.203. The summed E-state index contributed by atoms with van der Waals surface area (Å²) in [6.45, 7) is -0.184. The van der Waals surface area contributed by atoms with Gasteiger partial charge in [0.2, 0.25) is 0 Å². The molecule has 0 aliphatic carbocycles. The van der Waals surface area contributed by atoms with Gasteiger partial charge in [0, 0.05) is 12.3 Å². The summed E-state index contributed by atoms with van der Waals surface area (Å²) < 4.78 is 73.4. The Balaban J connectivity index is 2.01. The lowest BCUT2D eigenvalue weighted by molar-refractivity contribution is -0.274. The zero-order valence-corrected chi connectivity index (χ0v) is 14.4. The van der Waals surface area contributed by atoms with Crippen molar-refractivity contribution in [3.63, 3.8) is 0 Å². The van der Waals surface area contributed by atoms with Crippen LogP contribution in [0.15, 0.2) is 76.4 Å². The molecule has 6 nitrogen and oxygen atoms in total. The van der Waals surface area contributed by atoms with Crippen molar-refractivity contribution >= 4 is 15.8 Å². The molecule has 0 unspecified atom stereocenters. The number of rotatable bonds is 6. The zero-order valence-electron chi connectivity index (χ0n) is 13.6. The lowest BCUT2D eigenvalue weighted by Crippen LogP contribution is -2.31. The molecule has 27 heavy (non-hydrogen) atoms. The normalized spacial score (nSPS) is 12.0. The van der Waals surface area contributed by atoms with Crippen molar-refractivity contribution in [2.24, 2.45) is 0 Å². The second-order valence-corrected chi connectivity index (χ2v) is 7.16. The topological polar surface area (TPSA) is 72.6 Å². The Labute approximate surface area is 152 Å². The van der Waals surface area contributed by atoms with Crippen LogP contribution in [0.1, 0.15) is 5.76 Å². The van der Waals surface area contributed by atoms with Crippen molar-refractivity contribution < 1.29 is 30.7 Å². The average molecular weight is 398 g/mol. The number of halogens is 3. The van der Waals surface area contributed by atoms with E-state index in [-0.39, 0.29) is 17.3 Å². The van der Waals surface area contributed by atoms with Crippen LogP contribution in [0.3, 0.4) is 0 Å². The fourth-order valence-electron chi connectivity index (χ4n) is 2.29. The molecule has 2 aromatic heterocycles. The molecule has 0 atom stereocenters. The van der Waals surface area contributed by atoms with Crippen LogP contribution < -0.4 is 9.04 Å². The Bertz CT molecular complexity index is 991. The molecule has 0 aliphatic heterocycles. The van der Waals surface area contributed by atoms with Gasteiger partial charge in [0.25, 0.3) is 10.0 Å². The minimum Gasteiger partial charge on any atom is -0.467 e. The van der Waals surface area contributed by atoms with E-state index in [0.717, 1.165) is 22.5 Å². The van der Waals surface area contributed by atoms with Gasteiger partial charge in [0.15, 0.2) is 0 Å². The Morgan fingerprint density at radius 1 is 1.07 bits per heavy atom. The summed E-state index contributed by atoms with van der Waals surface area (Å²) in [5.41, 5.74) is 0. The molecule has 10 heteroatoms. The number of nitrogens with zero attached hydrogens (tertiary/aromatic N) is 2. The first kappa shape index (κ1) is 18.8. The average Bonchev–Trinajstić information content (AvgIpc) is 3.12. The first-order valence-electron chi connectivity index (χ1n) is 7.58. The summed E-state index contributed by atoms with van der Waals surface area (Å²) in [6, 6.07) is 12.0. The highest BCUT2D eigenvalue weighted by molar-refractivity contribution is 7.92. The minimum atomic E-state index is -4.93. The molecule has 1 aromatic carbocycles. The van der Waals surface area contributed by atoms with E-state index in [0.29, 0.717) is 5.76 Å². The Kier molecular flexibility index (Phi) is 5.08. The van der Waals surface area contributed by atoms with Crippen molar-refractivity contribution in [3.8, 4) is 5.75 Å². The largest absolute Gasteiger partial charge is 0.573 e. The maximum absolute atomic E-state index is 13.1. The van der Waals surface area contributed by atoms with Crippen molar-refractivity contribution in [3.05, 3.63) is 72.8 Å². The van der Waals surface area contributed by atoms with Gasteiger partial charge in [-0.3, -0.25) is 0 Å². The van der Waals surface area contributed by atoms with Crippen molar-refractivity contribution in [2.45, 2.75) is 17.8 Å². The van der Waals surface area contributed by atoms with E-state index in [4.69, 9.17) is 4.42 Å². The van der Waals surface area contributed by atoms with E-state index >= 15 is 0 Å². The molecule has 0 amide bonds. The van der Waals surface area contributed by atoms with E-state index < -0.39 is 22.1 Å². The highest BCUT2D eigenvalue weighted by Gasteiger charge is 2.32. The van der Waals surface area contributed by atoms with E-state index in [9.17, 15) is 21.6 Å². The van der Waals surface area contributed by atoms with E-state index in [1.54, 1.807) is 24.3 Å². The molecule has 0 radical (unpaired) electrons. The Morgan fingerprint density at radius 2 is 1.89 bits per heavy atom. The Hall–Kier alpha value is -3.01. The maximum Gasteiger partial charge on any atom is 0.573 e. The molecular weight excluding hydrogens is 385 g/mol. The number of furan rings is 1. The summed E-state index contributed by atoms with van der Waals surface area (Å²) in [5, 5.41) is 0. The quantitative estimate of drug-likeness (QED) is 0.628. The zero-order chi connectivity index (χ0) is 19.5. The van der Waals surface area contributed by atoms with Crippen LogP contribution in [0.4, 0.5) is 19.0 Å². The molecule has 0 spiro atoms. The van der Waals surface area contributed by atoms with E-state index in [1.807, 2.05) is 0 Å². The number of hydrogen-bond donors (Lipinski definition) is 0. The first-order chi connectivity index (χ1) is 12.8. The number of benzene rings is 1. The van der Waals surface area contributed by atoms with Crippen molar-refractivity contribution in [2.75, 3.05) is 4.31 Å². The molecule has 0 fully saturated rings. The molecule has 0 saturated heterocycles. The molecule has 3 aromatic rings. The fourth-order valence-corrected chi connectivity index (χ4v) is 3.72. The number of hydrogen-bond acceptors (Lipinski definition) is 5. The van der Waals surface area contributed by atoms with Gasteiger partial charge in [0.05, 0.1) is 17.7 Å². The summed E-state index contributed by atoms with van der Waals surface area (Å²) in [7, 11) is -4.24.